The van der Waals surface area contributed by atoms with E-state index in [4.69, 9.17) is 5.73 Å². The zero-order valence-corrected chi connectivity index (χ0v) is 17.6. The first-order valence-electron chi connectivity index (χ1n) is 9.83. The molecule has 0 saturated heterocycles. The molecule has 0 fully saturated rings. The van der Waals surface area contributed by atoms with Crippen molar-refractivity contribution < 1.29 is 14.7 Å². The van der Waals surface area contributed by atoms with Gasteiger partial charge in [-0.1, -0.05) is 24.3 Å². The van der Waals surface area contributed by atoms with E-state index in [1.54, 1.807) is 30.7 Å². The number of fused-ring (bicyclic) bond motifs is 1. The summed E-state index contributed by atoms with van der Waals surface area (Å²) in [6.45, 7) is 0.525. The number of imidazole rings is 1. The maximum atomic E-state index is 11.5. The molecule has 2 aromatic carbocycles. The van der Waals surface area contributed by atoms with Gasteiger partial charge in [-0.25, -0.2) is 9.78 Å². The van der Waals surface area contributed by atoms with Gasteiger partial charge in [0.1, 0.15) is 4.88 Å². The number of aromatic nitrogens is 3. The van der Waals surface area contributed by atoms with Crippen LogP contribution in [0.1, 0.15) is 25.6 Å². The Kier molecular flexibility index (Phi) is 4.84. The van der Waals surface area contributed by atoms with Crippen LogP contribution in [0.4, 0.5) is 0 Å². The molecule has 0 saturated carbocycles. The van der Waals surface area contributed by atoms with Crippen molar-refractivity contribution in [2.45, 2.75) is 6.54 Å². The van der Waals surface area contributed by atoms with Crippen molar-refractivity contribution in [1.82, 2.24) is 14.1 Å². The lowest BCUT2D eigenvalue weighted by atomic mass is 10.1. The number of primary amides is 1. The van der Waals surface area contributed by atoms with Crippen molar-refractivity contribution >= 4 is 33.4 Å². The molecule has 0 bridgehead atoms. The van der Waals surface area contributed by atoms with Gasteiger partial charge in [0.05, 0.1) is 22.2 Å². The quantitative estimate of drug-likeness (QED) is 0.407. The van der Waals surface area contributed by atoms with Crippen LogP contribution < -0.4 is 5.73 Å². The normalized spacial score (nSPS) is 11.1. The summed E-state index contributed by atoms with van der Waals surface area (Å²) in [5.74, 6) is -1.41. The Bertz CT molecular complexity index is 1430. The third kappa shape index (κ3) is 3.57. The highest BCUT2D eigenvalue weighted by Crippen LogP contribution is 2.35. The summed E-state index contributed by atoms with van der Waals surface area (Å²) >= 11 is 1.26. The number of rotatable bonds is 6. The van der Waals surface area contributed by atoms with E-state index in [2.05, 4.69) is 9.55 Å². The second-order valence-electron chi connectivity index (χ2n) is 7.36. The summed E-state index contributed by atoms with van der Waals surface area (Å²) in [7, 11) is 0. The predicted molar refractivity (Wildman–Crippen MR) is 123 cm³/mol. The van der Waals surface area contributed by atoms with E-state index in [0.717, 1.165) is 32.7 Å². The fraction of sp³-hybridized carbons (Fsp3) is 0.0417. The number of carboxylic acids is 1. The summed E-state index contributed by atoms with van der Waals surface area (Å²) in [4.78, 5) is 27.3. The number of benzene rings is 2. The van der Waals surface area contributed by atoms with Crippen LogP contribution in [0.2, 0.25) is 0 Å². The molecule has 0 aliphatic carbocycles. The van der Waals surface area contributed by atoms with Crippen LogP contribution in [0.3, 0.4) is 0 Å². The summed E-state index contributed by atoms with van der Waals surface area (Å²) in [6.07, 6.45) is 5.37. The maximum Gasteiger partial charge on any atom is 0.345 e. The van der Waals surface area contributed by atoms with E-state index in [9.17, 15) is 14.7 Å². The predicted octanol–water partition coefficient (Wildman–Crippen LogP) is 4.40. The molecular weight excluding hydrogens is 424 g/mol. The first-order chi connectivity index (χ1) is 15.5. The Hall–Kier alpha value is -4.17. The highest BCUT2D eigenvalue weighted by atomic mass is 32.1. The molecule has 0 radical (unpaired) electrons. The van der Waals surface area contributed by atoms with Crippen molar-refractivity contribution in [3.05, 3.63) is 95.4 Å². The Morgan fingerprint density at radius 1 is 1.03 bits per heavy atom. The Labute approximate surface area is 187 Å². The minimum atomic E-state index is -0.935. The molecule has 3 N–H and O–H groups in total. The number of amides is 1. The topological polar surface area (TPSA) is 103 Å². The lowest BCUT2D eigenvalue weighted by molar-refractivity contribution is 0.0702. The minimum Gasteiger partial charge on any atom is -0.477 e. The number of hydrogen-bond acceptors (Lipinski definition) is 4. The van der Waals surface area contributed by atoms with Gasteiger partial charge in [-0.2, -0.15) is 0 Å². The van der Waals surface area contributed by atoms with E-state index < -0.39 is 11.9 Å². The maximum absolute atomic E-state index is 11.5. The lowest BCUT2D eigenvalue weighted by Crippen LogP contribution is -2.10. The molecule has 1 amide bonds. The third-order valence-electron chi connectivity index (χ3n) is 5.35. The van der Waals surface area contributed by atoms with Gasteiger partial charge in [0, 0.05) is 30.2 Å². The second kappa shape index (κ2) is 7.82. The van der Waals surface area contributed by atoms with Gasteiger partial charge in [0.15, 0.2) is 0 Å². The third-order valence-corrected chi connectivity index (χ3v) is 6.40. The highest BCUT2D eigenvalue weighted by Gasteiger charge is 2.17. The van der Waals surface area contributed by atoms with Crippen LogP contribution in [0.5, 0.6) is 0 Å². The zero-order chi connectivity index (χ0) is 22.2. The smallest absolute Gasteiger partial charge is 0.345 e. The summed E-state index contributed by atoms with van der Waals surface area (Å²) in [5.41, 5.74) is 10.6. The molecule has 0 unspecified atom stereocenters. The minimum absolute atomic E-state index is 0.301. The molecule has 0 atom stereocenters. The van der Waals surface area contributed by atoms with Crippen molar-refractivity contribution in [3.63, 3.8) is 0 Å². The van der Waals surface area contributed by atoms with Crippen molar-refractivity contribution in [2.24, 2.45) is 5.73 Å². The summed E-state index contributed by atoms with van der Waals surface area (Å²) in [6, 6.07) is 19.0. The summed E-state index contributed by atoms with van der Waals surface area (Å²) < 4.78 is 4.94. The lowest BCUT2D eigenvalue weighted by Gasteiger charge is -2.12. The number of carbonyl (C=O) groups is 2. The molecular formula is C24H18N4O3S. The van der Waals surface area contributed by atoms with Gasteiger partial charge in [-0.15, -0.1) is 11.3 Å². The second-order valence-corrected chi connectivity index (χ2v) is 8.44. The van der Waals surface area contributed by atoms with E-state index in [0.29, 0.717) is 17.0 Å². The van der Waals surface area contributed by atoms with Gasteiger partial charge in [0.25, 0.3) is 0 Å². The summed E-state index contributed by atoms with van der Waals surface area (Å²) in [5, 5.41) is 9.42. The number of carboxylic acid groups (broad SMARTS) is 1. The van der Waals surface area contributed by atoms with Crippen LogP contribution in [0.25, 0.3) is 27.2 Å². The molecule has 0 spiro atoms. The largest absolute Gasteiger partial charge is 0.477 e. The van der Waals surface area contributed by atoms with E-state index in [-0.39, 0.29) is 0 Å². The molecule has 5 aromatic rings. The van der Waals surface area contributed by atoms with Crippen LogP contribution in [-0.2, 0) is 6.54 Å². The number of nitrogens with zero attached hydrogens (tertiary/aromatic N) is 3. The van der Waals surface area contributed by atoms with Gasteiger partial charge in [-0.05, 0) is 47.5 Å². The molecule has 0 aliphatic rings. The molecule has 5 rings (SSSR count). The zero-order valence-electron chi connectivity index (χ0n) is 16.8. The van der Waals surface area contributed by atoms with E-state index in [1.165, 1.54) is 11.3 Å². The Balaban J connectivity index is 1.58. The van der Waals surface area contributed by atoms with Crippen molar-refractivity contribution in [1.29, 1.82) is 0 Å². The molecule has 158 valence electrons. The first kappa shape index (κ1) is 19.8. The number of nitrogens with two attached hydrogens (primary N) is 1. The molecule has 3 heterocycles. The Morgan fingerprint density at radius 2 is 1.78 bits per heavy atom. The van der Waals surface area contributed by atoms with E-state index >= 15 is 0 Å². The fourth-order valence-corrected chi connectivity index (χ4v) is 4.67. The first-order valence-corrected chi connectivity index (χ1v) is 10.6. The van der Waals surface area contributed by atoms with Gasteiger partial charge in [0.2, 0.25) is 5.91 Å². The average molecular weight is 443 g/mol. The molecule has 8 heteroatoms. The number of aromatic carboxylic acids is 1. The fourth-order valence-electron chi connectivity index (χ4n) is 3.73. The van der Waals surface area contributed by atoms with Crippen LogP contribution >= 0.6 is 11.3 Å². The monoisotopic (exact) mass is 442 g/mol. The van der Waals surface area contributed by atoms with Gasteiger partial charge >= 0.3 is 5.97 Å². The van der Waals surface area contributed by atoms with Crippen LogP contribution in [0.15, 0.2) is 79.4 Å². The number of carbonyl (C=O) groups excluding carboxylic acids is 1. The molecule has 3 aromatic heterocycles. The van der Waals surface area contributed by atoms with Crippen molar-refractivity contribution in [2.75, 3.05) is 0 Å². The van der Waals surface area contributed by atoms with Gasteiger partial charge < -0.3 is 20.0 Å². The van der Waals surface area contributed by atoms with E-state index in [1.807, 2.05) is 53.2 Å². The van der Waals surface area contributed by atoms with Crippen LogP contribution in [0, 0.1) is 0 Å². The average Bonchev–Trinajstić information content (AvgIpc) is 3.52. The molecule has 0 aliphatic heterocycles. The highest BCUT2D eigenvalue weighted by molar-refractivity contribution is 7.20. The van der Waals surface area contributed by atoms with Crippen molar-refractivity contribution in [3.8, 4) is 16.9 Å². The molecule has 32 heavy (non-hydrogen) atoms. The Morgan fingerprint density at radius 3 is 2.41 bits per heavy atom. The molecule has 7 nitrogen and oxygen atoms in total. The standard InChI is InChI=1S/C24H18N4O3S/c25-23(29)17-3-1-15(2-4-17)13-28-19(11-21-20(28)12-22(32-21)24(30)31)16-5-7-18(8-6-16)27-10-9-26-14-27/h1-12,14H,13H2,(H2,25,29)(H,30,31). The number of thiophene rings is 1. The SMILES string of the molecule is NC(=O)c1ccc(Cn2c(-c3ccc(-n4ccnc4)cc3)cc3sc(C(=O)O)cc32)cc1. The van der Waals surface area contributed by atoms with Crippen LogP contribution in [-0.4, -0.2) is 31.1 Å². The number of hydrogen-bond donors (Lipinski definition) is 2. The van der Waals surface area contributed by atoms with Gasteiger partial charge in [-0.3, -0.25) is 4.79 Å².